The molecule has 4 aromatic rings. The Bertz CT molecular complexity index is 1400. The number of fused-ring (bicyclic) bond motifs is 1. The molecule has 3 heterocycles. The maximum Gasteiger partial charge on any atom is 0.417 e. The number of nitrogens with zero attached hydrogens (tertiary/aromatic N) is 2. The molecule has 0 bridgehead atoms. The fourth-order valence-corrected chi connectivity index (χ4v) is 4.44. The number of carbonyl (C=O) groups is 1. The molecule has 0 saturated heterocycles. The minimum atomic E-state index is -4.75. The van der Waals surface area contributed by atoms with Crippen LogP contribution in [0.2, 0.25) is 0 Å². The van der Waals surface area contributed by atoms with Crippen LogP contribution in [0.3, 0.4) is 0 Å². The number of rotatable bonds is 5. The number of hydrogen-bond acceptors (Lipinski definition) is 6. The SMILES string of the molecule is N#Cc1c(C(F)(F)F)cc(-c2cccs2)nc1SCC(=O)Nc1ccc2[nH]c(=O)[nH]c2c1. The number of halogens is 3. The third-order valence-corrected chi connectivity index (χ3v) is 6.18. The summed E-state index contributed by atoms with van der Waals surface area (Å²) in [6, 6.07) is 10.5. The van der Waals surface area contributed by atoms with Gasteiger partial charge in [0.2, 0.25) is 5.91 Å². The topological polar surface area (TPSA) is 114 Å². The Kier molecular flexibility index (Phi) is 5.77. The molecule has 1 amide bonds. The highest BCUT2D eigenvalue weighted by Gasteiger charge is 2.36. The number of thioether (sulfide) groups is 1. The molecular formula is C20H12F3N5O2S2. The Morgan fingerprint density at radius 1 is 1.22 bits per heavy atom. The van der Waals surface area contributed by atoms with Crippen LogP contribution in [-0.2, 0) is 11.0 Å². The quantitative estimate of drug-likeness (QED) is 0.365. The largest absolute Gasteiger partial charge is 0.417 e. The van der Waals surface area contributed by atoms with Gasteiger partial charge in [-0.3, -0.25) is 4.79 Å². The molecule has 0 spiro atoms. The molecule has 0 aliphatic rings. The monoisotopic (exact) mass is 475 g/mol. The first-order chi connectivity index (χ1) is 15.2. The number of nitriles is 1. The van der Waals surface area contributed by atoms with E-state index in [2.05, 4.69) is 20.3 Å². The van der Waals surface area contributed by atoms with Crippen molar-refractivity contribution in [3.63, 3.8) is 0 Å². The predicted octanol–water partition coefficient (Wildman–Crippen LogP) is 4.60. The molecular weight excluding hydrogens is 463 g/mol. The van der Waals surface area contributed by atoms with E-state index in [0.29, 0.717) is 21.6 Å². The molecule has 4 rings (SSSR count). The number of H-pyrrole nitrogens is 2. The van der Waals surface area contributed by atoms with Crippen molar-refractivity contribution >= 4 is 45.7 Å². The van der Waals surface area contributed by atoms with Crippen LogP contribution < -0.4 is 11.0 Å². The molecule has 0 unspecified atom stereocenters. The first kappa shape index (κ1) is 21.7. The Morgan fingerprint density at radius 2 is 2.00 bits per heavy atom. The minimum absolute atomic E-state index is 0.0797. The first-order valence-corrected chi connectivity index (χ1v) is 10.8. The summed E-state index contributed by atoms with van der Waals surface area (Å²) in [5.41, 5.74) is -0.570. The van der Waals surface area contributed by atoms with Crippen LogP contribution in [0, 0.1) is 11.3 Å². The molecule has 0 aliphatic carbocycles. The summed E-state index contributed by atoms with van der Waals surface area (Å²) in [6.45, 7) is 0. The number of alkyl halides is 3. The molecule has 12 heteroatoms. The third-order valence-electron chi connectivity index (χ3n) is 4.32. The summed E-state index contributed by atoms with van der Waals surface area (Å²) in [5, 5.41) is 13.5. The van der Waals surface area contributed by atoms with Crippen molar-refractivity contribution in [1.82, 2.24) is 15.0 Å². The summed E-state index contributed by atoms with van der Waals surface area (Å²) in [5.74, 6) is -0.776. The van der Waals surface area contributed by atoms with E-state index in [0.717, 1.165) is 17.8 Å². The summed E-state index contributed by atoms with van der Waals surface area (Å²) in [4.78, 5) is 33.6. The lowest BCUT2D eigenvalue weighted by Crippen LogP contribution is -2.15. The van der Waals surface area contributed by atoms with Crippen LogP contribution in [0.5, 0.6) is 0 Å². The van der Waals surface area contributed by atoms with Gasteiger partial charge in [0.1, 0.15) is 11.1 Å². The van der Waals surface area contributed by atoms with Gasteiger partial charge in [0.25, 0.3) is 0 Å². The van der Waals surface area contributed by atoms with E-state index >= 15 is 0 Å². The van der Waals surface area contributed by atoms with E-state index in [9.17, 15) is 28.0 Å². The molecule has 1 aromatic carbocycles. The average molecular weight is 475 g/mol. The highest BCUT2D eigenvalue weighted by molar-refractivity contribution is 8.00. The van der Waals surface area contributed by atoms with E-state index in [1.165, 1.54) is 11.3 Å². The van der Waals surface area contributed by atoms with Gasteiger partial charge in [0.05, 0.1) is 38.5 Å². The van der Waals surface area contributed by atoms with Crippen molar-refractivity contribution in [3.05, 3.63) is 63.4 Å². The van der Waals surface area contributed by atoms with E-state index in [1.807, 2.05) is 0 Å². The molecule has 0 aliphatic heterocycles. The number of benzene rings is 1. The summed E-state index contributed by atoms with van der Waals surface area (Å²) < 4.78 is 40.7. The van der Waals surface area contributed by atoms with Crippen LogP contribution in [-0.4, -0.2) is 26.6 Å². The third kappa shape index (κ3) is 4.53. The highest BCUT2D eigenvalue weighted by Crippen LogP contribution is 2.38. The first-order valence-electron chi connectivity index (χ1n) is 8.95. The van der Waals surface area contributed by atoms with Crippen LogP contribution in [0.1, 0.15) is 11.1 Å². The minimum Gasteiger partial charge on any atom is -0.325 e. The lowest BCUT2D eigenvalue weighted by atomic mass is 10.1. The van der Waals surface area contributed by atoms with Crippen molar-refractivity contribution in [2.75, 3.05) is 11.1 Å². The van der Waals surface area contributed by atoms with Gasteiger partial charge in [0, 0.05) is 5.69 Å². The van der Waals surface area contributed by atoms with Gasteiger partial charge >= 0.3 is 11.9 Å². The van der Waals surface area contributed by atoms with Gasteiger partial charge in [-0.2, -0.15) is 18.4 Å². The fraction of sp³-hybridized carbons (Fsp3) is 0.100. The van der Waals surface area contributed by atoms with Gasteiger partial charge in [-0.25, -0.2) is 9.78 Å². The zero-order valence-corrected chi connectivity index (χ0v) is 17.5. The van der Waals surface area contributed by atoms with Crippen molar-refractivity contribution < 1.29 is 18.0 Å². The summed E-state index contributed by atoms with van der Waals surface area (Å²) in [7, 11) is 0. The fourth-order valence-electron chi connectivity index (χ4n) is 2.95. The second-order valence-electron chi connectivity index (χ2n) is 6.50. The van der Waals surface area contributed by atoms with Crippen LogP contribution in [0.25, 0.3) is 21.6 Å². The van der Waals surface area contributed by atoms with E-state index < -0.39 is 23.2 Å². The van der Waals surface area contributed by atoms with E-state index in [1.54, 1.807) is 41.8 Å². The second kappa shape index (κ2) is 8.52. The number of imidazole rings is 1. The second-order valence-corrected chi connectivity index (χ2v) is 8.41. The van der Waals surface area contributed by atoms with Crippen molar-refractivity contribution in [3.8, 4) is 16.6 Å². The lowest BCUT2D eigenvalue weighted by molar-refractivity contribution is -0.138. The van der Waals surface area contributed by atoms with Crippen molar-refractivity contribution in [2.45, 2.75) is 11.2 Å². The van der Waals surface area contributed by atoms with Gasteiger partial charge in [-0.15, -0.1) is 11.3 Å². The number of amides is 1. The summed E-state index contributed by atoms with van der Waals surface area (Å²) in [6.07, 6.45) is -4.75. The molecule has 3 N–H and O–H groups in total. The van der Waals surface area contributed by atoms with Crippen molar-refractivity contribution in [2.24, 2.45) is 0 Å². The highest BCUT2D eigenvalue weighted by atomic mass is 32.2. The predicted molar refractivity (Wildman–Crippen MR) is 116 cm³/mol. The van der Waals surface area contributed by atoms with E-state index in [-0.39, 0.29) is 22.2 Å². The number of thiophene rings is 1. The molecule has 3 aromatic heterocycles. The van der Waals surface area contributed by atoms with Gasteiger partial charge in [-0.05, 0) is 35.7 Å². The molecule has 32 heavy (non-hydrogen) atoms. The summed E-state index contributed by atoms with van der Waals surface area (Å²) >= 11 is 1.96. The maximum absolute atomic E-state index is 13.6. The average Bonchev–Trinajstić information content (AvgIpc) is 3.39. The number of aromatic amines is 2. The maximum atomic E-state index is 13.6. The molecule has 0 atom stereocenters. The Labute approximate surface area is 186 Å². The molecule has 162 valence electrons. The molecule has 7 nitrogen and oxygen atoms in total. The van der Waals surface area contributed by atoms with E-state index in [4.69, 9.17) is 0 Å². The molecule has 0 fully saturated rings. The van der Waals surface area contributed by atoms with Gasteiger partial charge in [-0.1, -0.05) is 17.8 Å². The number of anilines is 1. The number of carbonyl (C=O) groups excluding carboxylic acids is 1. The Hall–Kier alpha value is -3.56. The zero-order valence-electron chi connectivity index (χ0n) is 15.9. The number of aromatic nitrogens is 3. The Morgan fingerprint density at radius 3 is 2.69 bits per heavy atom. The van der Waals surface area contributed by atoms with Crippen molar-refractivity contribution in [1.29, 1.82) is 5.26 Å². The van der Waals surface area contributed by atoms with Gasteiger partial charge in [0.15, 0.2) is 0 Å². The van der Waals surface area contributed by atoms with Crippen LogP contribution >= 0.6 is 23.1 Å². The number of nitrogens with one attached hydrogen (secondary N) is 3. The Balaban J connectivity index is 1.58. The normalized spacial score (nSPS) is 11.4. The number of pyridine rings is 1. The zero-order chi connectivity index (χ0) is 22.9. The molecule has 0 radical (unpaired) electrons. The smallest absolute Gasteiger partial charge is 0.325 e. The lowest BCUT2D eigenvalue weighted by Gasteiger charge is -2.13. The van der Waals surface area contributed by atoms with Crippen LogP contribution in [0.4, 0.5) is 18.9 Å². The standard InChI is InChI=1S/C20H12F3N5O2S2/c21-20(22,23)12-7-15(16-2-1-5-31-16)26-18(11(12)8-24)32-9-17(29)25-10-3-4-13-14(6-10)28-19(30)27-13/h1-7H,9H2,(H,25,29)(H2,27,28,30). The molecule has 0 saturated carbocycles. The van der Waals surface area contributed by atoms with Gasteiger partial charge < -0.3 is 15.3 Å². The van der Waals surface area contributed by atoms with Crippen LogP contribution in [0.15, 0.2) is 51.6 Å². The number of hydrogen-bond donors (Lipinski definition) is 3.